The zero-order valence-corrected chi connectivity index (χ0v) is 10.2. The highest BCUT2D eigenvalue weighted by Crippen LogP contribution is 2.11. The molecular formula is C13H17N3O. The number of amides is 1. The number of carbonyl (C=O) groups is 1. The number of fused-ring (bicyclic) bond motifs is 1. The maximum Gasteiger partial charge on any atom is 0.251 e. The van der Waals surface area contributed by atoms with E-state index in [0.717, 1.165) is 23.9 Å². The monoisotopic (exact) mass is 231 g/mol. The zero-order valence-electron chi connectivity index (χ0n) is 10.2. The summed E-state index contributed by atoms with van der Waals surface area (Å²) in [7, 11) is 0. The fraction of sp³-hybridized carbons (Fsp3) is 0.385. The number of nitrogens with one attached hydrogen (secondary N) is 2. The molecule has 4 heteroatoms. The smallest absolute Gasteiger partial charge is 0.251 e. The summed E-state index contributed by atoms with van der Waals surface area (Å²) < 4.78 is 0. The number of H-pyrrole nitrogens is 1. The first-order valence-corrected chi connectivity index (χ1v) is 5.94. The first kappa shape index (κ1) is 11.6. The Balaban J connectivity index is 2.13. The van der Waals surface area contributed by atoms with Crippen molar-refractivity contribution in [3.63, 3.8) is 0 Å². The van der Waals surface area contributed by atoms with E-state index < -0.39 is 0 Å². The van der Waals surface area contributed by atoms with E-state index in [9.17, 15) is 4.79 Å². The highest BCUT2D eigenvalue weighted by molar-refractivity contribution is 5.97. The molecule has 90 valence electrons. The van der Waals surface area contributed by atoms with Crippen LogP contribution < -0.4 is 5.32 Å². The second-order valence-corrected chi connectivity index (χ2v) is 4.30. The lowest BCUT2D eigenvalue weighted by Gasteiger charge is -2.12. The molecule has 0 radical (unpaired) electrons. The number of carbonyl (C=O) groups excluding carboxylic acids is 1. The molecule has 0 saturated carbocycles. The van der Waals surface area contributed by atoms with E-state index in [2.05, 4.69) is 22.2 Å². The molecule has 0 aliphatic carbocycles. The first-order valence-electron chi connectivity index (χ1n) is 5.94. The molecule has 0 aliphatic rings. The fourth-order valence-corrected chi connectivity index (χ4v) is 1.89. The molecule has 17 heavy (non-hydrogen) atoms. The Bertz CT molecular complexity index is 518. The summed E-state index contributed by atoms with van der Waals surface area (Å²) in [5.41, 5.74) is 2.44. The van der Waals surface area contributed by atoms with Gasteiger partial charge in [0.1, 0.15) is 0 Å². The lowest BCUT2D eigenvalue weighted by molar-refractivity contribution is 0.0938. The Labute approximate surface area is 100 Å². The van der Waals surface area contributed by atoms with Crippen LogP contribution in [-0.2, 0) is 0 Å². The van der Waals surface area contributed by atoms with Crippen LogP contribution in [0.4, 0.5) is 0 Å². The van der Waals surface area contributed by atoms with Crippen molar-refractivity contribution in [2.24, 2.45) is 0 Å². The summed E-state index contributed by atoms with van der Waals surface area (Å²) in [5.74, 6) is -0.0255. The normalized spacial score (nSPS) is 12.6. The highest BCUT2D eigenvalue weighted by atomic mass is 16.1. The Hall–Kier alpha value is -1.84. The molecule has 0 fully saturated rings. The summed E-state index contributed by atoms with van der Waals surface area (Å²) in [6.07, 6.45) is 3.70. The van der Waals surface area contributed by atoms with Gasteiger partial charge >= 0.3 is 0 Å². The predicted molar refractivity (Wildman–Crippen MR) is 67.9 cm³/mol. The Morgan fingerprint density at radius 2 is 2.35 bits per heavy atom. The Kier molecular flexibility index (Phi) is 3.42. The van der Waals surface area contributed by atoms with Crippen LogP contribution in [0.3, 0.4) is 0 Å². The molecule has 0 spiro atoms. The number of rotatable bonds is 4. The quantitative estimate of drug-likeness (QED) is 0.849. The Morgan fingerprint density at radius 1 is 1.53 bits per heavy atom. The van der Waals surface area contributed by atoms with Gasteiger partial charge in [-0.15, -0.1) is 0 Å². The molecular weight excluding hydrogens is 214 g/mol. The van der Waals surface area contributed by atoms with Crippen LogP contribution in [0.5, 0.6) is 0 Å². The van der Waals surface area contributed by atoms with Crippen molar-refractivity contribution in [3.05, 3.63) is 30.1 Å². The summed E-state index contributed by atoms with van der Waals surface area (Å²) in [6.45, 7) is 4.13. The molecule has 0 aliphatic heterocycles. The van der Waals surface area contributed by atoms with E-state index in [0.29, 0.717) is 5.56 Å². The number of aromatic nitrogens is 2. The first-order chi connectivity index (χ1) is 8.20. The van der Waals surface area contributed by atoms with Crippen LogP contribution in [0.2, 0.25) is 0 Å². The van der Waals surface area contributed by atoms with Crippen LogP contribution in [0, 0.1) is 0 Å². The van der Waals surface area contributed by atoms with Crippen LogP contribution in [0.1, 0.15) is 37.0 Å². The van der Waals surface area contributed by atoms with Crippen LogP contribution in [0.15, 0.2) is 24.5 Å². The van der Waals surface area contributed by atoms with Crippen molar-refractivity contribution in [1.29, 1.82) is 0 Å². The minimum absolute atomic E-state index is 0.0255. The van der Waals surface area contributed by atoms with Crippen LogP contribution in [0.25, 0.3) is 11.0 Å². The largest absolute Gasteiger partial charge is 0.350 e. The van der Waals surface area contributed by atoms with Gasteiger partial charge in [0.2, 0.25) is 0 Å². The third kappa shape index (κ3) is 2.64. The number of benzene rings is 1. The van der Waals surface area contributed by atoms with Crippen molar-refractivity contribution >= 4 is 16.9 Å². The summed E-state index contributed by atoms with van der Waals surface area (Å²) >= 11 is 0. The molecule has 0 bridgehead atoms. The third-order valence-electron chi connectivity index (χ3n) is 2.78. The average Bonchev–Trinajstić information content (AvgIpc) is 2.75. The minimum atomic E-state index is -0.0255. The lowest BCUT2D eigenvalue weighted by Crippen LogP contribution is -2.32. The maximum atomic E-state index is 12.0. The second kappa shape index (κ2) is 4.99. The summed E-state index contributed by atoms with van der Waals surface area (Å²) in [4.78, 5) is 19.1. The fourth-order valence-electron chi connectivity index (χ4n) is 1.89. The van der Waals surface area contributed by atoms with E-state index in [1.807, 2.05) is 19.1 Å². The number of aromatic amines is 1. The van der Waals surface area contributed by atoms with Crippen molar-refractivity contribution in [2.45, 2.75) is 32.7 Å². The summed E-state index contributed by atoms with van der Waals surface area (Å²) in [5, 5.41) is 2.98. The van der Waals surface area contributed by atoms with Gasteiger partial charge in [-0.25, -0.2) is 4.98 Å². The topological polar surface area (TPSA) is 57.8 Å². The number of hydrogen-bond acceptors (Lipinski definition) is 2. The minimum Gasteiger partial charge on any atom is -0.350 e. The van der Waals surface area contributed by atoms with Gasteiger partial charge in [0.15, 0.2) is 0 Å². The van der Waals surface area contributed by atoms with Crippen LogP contribution >= 0.6 is 0 Å². The molecule has 1 amide bonds. The van der Waals surface area contributed by atoms with Gasteiger partial charge in [-0.3, -0.25) is 4.79 Å². The lowest BCUT2D eigenvalue weighted by atomic mass is 10.1. The van der Waals surface area contributed by atoms with E-state index >= 15 is 0 Å². The zero-order chi connectivity index (χ0) is 12.3. The standard InChI is InChI=1S/C13H17N3O/c1-3-4-9(2)16-13(17)10-5-6-11-12(7-10)15-8-14-11/h5-9H,3-4H2,1-2H3,(H,14,15)(H,16,17). The molecule has 1 aromatic heterocycles. The second-order valence-electron chi connectivity index (χ2n) is 4.30. The molecule has 1 atom stereocenters. The van der Waals surface area contributed by atoms with Crippen molar-refractivity contribution in [3.8, 4) is 0 Å². The van der Waals surface area contributed by atoms with Gasteiger partial charge in [-0.1, -0.05) is 13.3 Å². The van der Waals surface area contributed by atoms with Gasteiger partial charge in [0, 0.05) is 11.6 Å². The van der Waals surface area contributed by atoms with Gasteiger partial charge in [-0.2, -0.15) is 0 Å². The Morgan fingerprint density at radius 3 is 3.12 bits per heavy atom. The number of imidazole rings is 1. The molecule has 2 N–H and O–H groups in total. The van der Waals surface area contributed by atoms with Gasteiger partial charge in [-0.05, 0) is 31.5 Å². The average molecular weight is 231 g/mol. The SMILES string of the molecule is CCCC(C)NC(=O)c1ccc2nc[nH]c2c1. The molecule has 2 rings (SSSR count). The van der Waals surface area contributed by atoms with E-state index in [1.54, 1.807) is 12.4 Å². The van der Waals surface area contributed by atoms with Crippen molar-refractivity contribution in [2.75, 3.05) is 0 Å². The van der Waals surface area contributed by atoms with E-state index in [1.165, 1.54) is 0 Å². The van der Waals surface area contributed by atoms with Crippen molar-refractivity contribution in [1.82, 2.24) is 15.3 Å². The maximum absolute atomic E-state index is 12.0. The number of nitrogens with zero attached hydrogens (tertiary/aromatic N) is 1. The molecule has 4 nitrogen and oxygen atoms in total. The van der Waals surface area contributed by atoms with Crippen LogP contribution in [-0.4, -0.2) is 21.9 Å². The van der Waals surface area contributed by atoms with E-state index in [4.69, 9.17) is 0 Å². The molecule has 2 aromatic rings. The van der Waals surface area contributed by atoms with Gasteiger partial charge in [0.25, 0.3) is 5.91 Å². The predicted octanol–water partition coefficient (Wildman–Crippen LogP) is 2.48. The van der Waals surface area contributed by atoms with Crippen molar-refractivity contribution < 1.29 is 4.79 Å². The molecule has 1 unspecified atom stereocenters. The molecule has 0 saturated heterocycles. The molecule has 1 heterocycles. The highest BCUT2D eigenvalue weighted by Gasteiger charge is 2.09. The van der Waals surface area contributed by atoms with Gasteiger partial charge < -0.3 is 10.3 Å². The molecule has 1 aromatic carbocycles. The third-order valence-corrected chi connectivity index (χ3v) is 2.78. The van der Waals surface area contributed by atoms with E-state index in [-0.39, 0.29) is 11.9 Å². The number of hydrogen-bond donors (Lipinski definition) is 2. The summed E-state index contributed by atoms with van der Waals surface area (Å²) in [6, 6.07) is 5.70. The van der Waals surface area contributed by atoms with Gasteiger partial charge in [0.05, 0.1) is 17.4 Å².